The Bertz CT molecular complexity index is 714. The number of carboxylic acid groups (broad SMARTS) is 1. The number of allylic oxidation sites excluding steroid dienone is 9. The molecule has 0 rings (SSSR count). The minimum Gasteiger partial charge on any atom is -0.481 e. The van der Waals surface area contributed by atoms with Crippen LogP contribution in [0.3, 0.4) is 0 Å². The Morgan fingerprint density at radius 1 is 0.590 bits per heavy atom. The van der Waals surface area contributed by atoms with Gasteiger partial charge in [-0.15, -0.1) is 0 Å². The van der Waals surface area contributed by atoms with Crippen molar-refractivity contribution in [1.29, 1.82) is 0 Å². The Morgan fingerprint density at radius 3 is 1.51 bits per heavy atom. The molecule has 0 aliphatic carbocycles. The first-order valence-electron chi connectivity index (χ1n) is 15.8. The van der Waals surface area contributed by atoms with Crippen LogP contribution in [0.2, 0.25) is 0 Å². The molecular formula is C35H58O4. The van der Waals surface area contributed by atoms with Crippen molar-refractivity contribution in [1.82, 2.24) is 0 Å². The van der Waals surface area contributed by atoms with Crippen molar-refractivity contribution in [3.05, 3.63) is 60.8 Å². The van der Waals surface area contributed by atoms with E-state index >= 15 is 0 Å². The molecule has 4 heteroatoms. The number of carboxylic acids is 1. The molecule has 222 valence electrons. The second-order valence-electron chi connectivity index (χ2n) is 10.3. The quantitative estimate of drug-likeness (QED) is 0.0637. The van der Waals surface area contributed by atoms with E-state index in [0.29, 0.717) is 6.42 Å². The lowest BCUT2D eigenvalue weighted by Crippen LogP contribution is -2.18. The van der Waals surface area contributed by atoms with E-state index in [2.05, 4.69) is 62.5 Å². The van der Waals surface area contributed by atoms with Gasteiger partial charge in [-0.3, -0.25) is 9.59 Å². The monoisotopic (exact) mass is 542 g/mol. The highest BCUT2D eigenvalue weighted by atomic mass is 16.5. The molecule has 0 saturated heterocycles. The predicted octanol–water partition coefficient (Wildman–Crippen LogP) is 10.6. The SMILES string of the molecule is CC/C=C\C/C=C\C/C=C\C/C=C\C/C=C\CC(=O)OC(CCCCCCCC)CCCCCCCC(=O)O. The molecular weight excluding hydrogens is 484 g/mol. The summed E-state index contributed by atoms with van der Waals surface area (Å²) in [6.07, 6.45) is 41.0. The van der Waals surface area contributed by atoms with Crippen molar-refractivity contribution in [2.45, 2.75) is 148 Å². The van der Waals surface area contributed by atoms with Gasteiger partial charge in [0.25, 0.3) is 0 Å². The van der Waals surface area contributed by atoms with E-state index in [1.165, 1.54) is 32.1 Å². The molecule has 4 nitrogen and oxygen atoms in total. The number of carbonyl (C=O) groups excluding carboxylic acids is 1. The second kappa shape index (κ2) is 30.2. The molecule has 0 aromatic heterocycles. The summed E-state index contributed by atoms with van der Waals surface area (Å²) in [6.45, 7) is 4.38. The molecule has 0 heterocycles. The zero-order valence-corrected chi connectivity index (χ0v) is 25.2. The fourth-order valence-corrected chi connectivity index (χ4v) is 4.26. The van der Waals surface area contributed by atoms with Crippen LogP contribution in [-0.4, -0.2) is 23.1 Å². The van der Waals surface area contributed by atoms with Crippen molar-refractivity contribution in [2.75, 3.05) is 0 Å². The molecule has 0 saturated carbocycles. The van der Waals surface area contributed by atoms with Gasteiger partial charge in [0.2, 0.25) is 0 Å². The highest BCUT2D eigenvalue weighted by Gasteiger charge is 2.13. The van der Waals surface area contributed by atoms with Crippen LogP contribution in [0, 0.1) is 0 Å². The van der Waals surface area contributed by atoms with Gasteiger partial charge in [-0.2, -0.15) is 0 Å². The average Bonchev–Trinajstić information content (AvgIpc) is 2.91. The Hall–Kier alpha value is -2.36. The predicted molar refractivity (Wildman–Crippen MR) is 167 cm³/mol. The zero-order chi connectivity index (χ0) is 28.7. The van der Waals surface area contributed by atoms with E-state index in [1.54, 1.807) is 0 Å². The molecule has 0 aliphatic heterocycles. The fraction of sp³-hybridized carbons (Fsp3) is 0.657. The zero-order valence-electron chi connectivity index (χ0n) is 25.2. The van der Waals surface area contributed by atoms with E-state index in [0.717, 1.165) is 83.5 Å². The molecule has 1 atom stereocenters. The second-order valence-corrected chi connectivity index (χ2v) is 10.3. The van der Waals surface area contributed by atoms with Gasteiger partial charge < -0.3 is 9.84 Å². The summed E-state index contributed by atoms with van der Waals surface area (Å²) in [5, 5.41) is 8.74. The molecule has 1 unspecified atom stereocenters. The third-order valence-corrected chi connectivity index (χ3v) is 6.54. The fourth-order valence-electron chi connectivity index (χ4n) is 4.26. The number of hydrogen-bond donors (Lipinski definition) is 1. The van der Waals surface area contributed by atoms with Crippen LogP contribution in [0.5, 0.6) is 0 Å². The van der Waals surface area contributed by atoms with Crippen LogP contribution in [0.25, 0.3) is 0 Å². The topological polar surface area (TPSA) is 63.6 Å². The highest BCUT2D eigenvalue weighted by molar-refractivity contribution is 5.71. The Morgan fingerprint density at radius 2 is 1.03 bits per heavy atom. The Balaban J connectivity index is 4.18. The summed E-state index contributed by atoms with van der Waals surface area (Å²) < 4.78 is 5.85. The first-order chi connectivity index (χ1) is 19.1. The van der Waals surface area contributed by atoms with E-state index in [-0.39, 0.29) is 18.5 Å². The lowest BCUT2D eigenvalue weighted by Gasteiger charge is -2.18. The van der Waals surface area contributed by atoms with Crippen molar-refractivity contribution >= 4 is 11.9 Å². The van der Waals surface area contributed by atoms with E-state index < -0.39 is 5.97 Å². The number of rotatable bonds is 27. The van der Waals surface area contributed by atoms with Crippen molar-refractivity contribution in [2.24, 2.45) is 0 Å². The minimum absolute atomic E-state index is 0.00503. The van der Waals surface area contributed by atoms with Gasteiger partial charge in [0.1, 0.15) is 6.10 Å². The van der Waals surface area contributed by atoms with Crippen LogP contribution in [0.4, 0.5) is 0 Å². The van der Waals surface area contributed by atoms with Gasteiger partial charge in [0.05, 0.1) is 6.42 Å². The first kappa shape index (κ1) is 36.6. The van der Waals surface area contributed by atoms with Crippen molar-refractivity contribution < 1.29 is 19.4 Å². The average molecular weight is 543 g/mol. The number of carbonyl (C=O) groups is 2. The molecule has 0 aromatic carbocycles. The summed E-state index contributed by atoms with van der Waals surface area (Å²) >= 11 is 0. The van der Waals surface area contributed by atoms with Crippen LogP contribution >= 0.6 is 0 Å². The van der Waals surface area contributed by atoms with Gasteiger partial charge >= 0.3 is 11.9 Å². The largest absolute Gasteiger partial charge is 0.481 e. The number of esters is 1. The maximum Gasteiger partial charge on any atom is 0.309 e. The minimum atomic E-state index is -0.714. The van der Waals surface area contributed by atoms with E-state index in [1.807, 2.05) is 12.2 Å². The van der Waals surface area contributed by atoms with Crippen molar-refractivity contribution in [3.8, 4) is 0 Å². The third kappa shape index (κ3) is 30.0. The molecule has 0 bridgehead atoms. The molecule has 0 aromatic rings. The normalized spacial score (nSPS) is 13.1. The summed E-state index contributed by atoms with van der Waals surface area (Å²) in [5.41, 5.74) is 0. The van der Waals surface area contributed by atoms with Gasteiger partial charge in [-0.05, 0) is 64.2 Å². The maximum absolute atomic E-state index is 12.4. The number of aliphatic carboxylic acids is 1. The maximum atomic E-state index is 12.4. The molecule has 0 fully saturated rings. The smallest absolute Gasteiger partial charge is 0.309 e. The first-order valence-corrected chi connectivity index (χ1v) is 15.8. The van der Waals surface area contributed by atoms with Crippen LogP contribution in [-0.2, 0) is 14.3 Å². The number of ether oxygens (including phenoxy) is 1. The third-order valence-electron chi connectivity index (χ3n) is 6.54. The van der Waals surface area contributed by atoms with Gasteiger partial charge in [0.15, 0.2) is 0 Å². The van der Waals surface area contributed by atoms with Crippen molar-refractivity contribution in [3.63, 3.8) is 0 Å². The summed E-state index contributed by atoms with van der Waals surface area (Å²) in [7, 11) is 0. The molecule has 39 heavy (non-hydrogen) atoms. The molecule has 0 aliphatic rings. The van der Waals surface area contributed by atoms with Gasteiger partial charge in [0, 0.05) is 6.42 Å². The molecule has 1 N–H and O–H groups in total. The summed E-state index contributed by atoms with van der Waals surface area (Å²) in [6, 6.07) is 0. The molecule has 0 amide bonds. The number of unbranched alkanes of at least 4 members (excludes halogenated alkanes) is 9. The van der Waals surface area contributed by atoms with E-state index in [4.69, 9.17) is 9.84 Å². The Kier molecular flexibility index (Phi) is 28.4. The highest BCUT2D eigenvalue weighted by Crippen LogP contribution is 2.17. The van der Waals surface area contributed by atoms with E-state index in [9.17, 15) is 9.59 Å². The molecule has 0 radical (unpaired) electrons. The van der Waals surface area contributed by atoms with Gasteiger partial charge in [-0.25, -0.2) is 0 Å². The summed E-state index contributed by atoms with van der Waals surface area (Å²) in [4.78, 5) is 23.1. The van der Waals surface area contributed by atoms with Gasteiger partial charge in [-0.1, -0.05) is 126 Å². The molecule has 0 spiro atoms. The lowest BCUT2D eigenvalue weighted by atomic mass is 10.0. The van der Waals surface area contributed by atoms with Crippen LogP contribution in [0.15, 0.2) is 60.8 Å². The van der Waals surface area contributed by atoms with Crippen LogP contribution < -0.4 is 0 Å². The Labute approximate surface area is 240 Å². The van der Waals surface area contributed by atoms with Crippen LogP contribution in [0.1, 0.15) is 142 Å². The summed E-state index contributed by atoms with van der Waals surface area (Å²) in [5.74, 6) is -0.845. The lowest BCUT2D eigenvalue weighted by molar-refractivity contribution is -0.148. The standard InChI is InChI=1S/C35H58O4/c1-3-5-7-9-11-12-13-14-15-16-17-18-19-24-28-32-35(38)39-33(29-25-21-10-8-6-4-2)30-26-22-20-23-27-31-34(36)37/h5,7,11-12,14-15,17-18,24,28,33H,3-4,6,8-10,13,16,19-23,25-27,29-32H2,1-2H3,(H,36,37)/b7-5-,12-11-,15-14-,18-17-,28-24-. The number of hydrogen-bond acceptors (Lipinski definition) is 3.